The van der Waals surface area contributed by atoms with Crippen LogP contribution >= 0.6 is 0 Å². The minimum Gasteiger partial charge on any atom is -0.508 e. The smallest absolute Gasteiger partial charge is 0.115 e. The van der Waals surface area contributed by atoms with Gasteiger partial charge in [0.1, 0.15) is 5.75 Å². The highest BCUT2D eigenvalue weighted by Gasteiger charge is 2.39. The van der Waals surface area contributed by atoms with Crippen LogP contribution in [-0.2, 0) is 6.42 Å². The molecule has 0 aromatic heterocycles. The lowest BCUT2D eigenvalue weighted by Crippen LogP contribution is -2.50. The molecule has 3 rings (SSSR count). The summed E-state index contributed by atoms with van der Waals surface area (Å²) >= 11 is 0. The first kappa shape index (κ1) is 13.0. The molecule has 1 saturated heterocycles. The first-order valence-corrected chi connectivity index (χ1v) is 7.76. The molecule has 19 heavy (non-hydrogen) atoms. The predicted molar refractivity (Wildman–Crippen MR) is 78.6 cm³/mol. The van der Waals surface area contributed by atoms with Crippen molar-refractivity contribution in [3.05, 3.63) is 29.3 Å². The van der Waals surface area contributed by atoms with Crippen molar-refractivity contribution in [1.82, 2.24) is 4.90 Å². The third-order valence-corrected chi connectivity index (χ3v) is 5.15. The monoisotopic (exact) mass is 259 g/mol. The molecule has 2 aliphatic rings. The Hall–Kier alpha value is -1.02. The number of rotatable bonds is 2. The Balaban J connectivity index is 1.93. The number of hydrogen-bond acceptors (Lipinski definition) is 2. The SMILES string of the molecule is CCCN1CCC[C@H]2[C@H](C)c3cc(O)ccc3C[C@H]21. The molecule has 2 heteroatoms. The van der Waals surface area contributed by atoms with Gasteiger partial charge in [-0.3, -0.25) is 4.90 Å². The Morgan fingerprint density at radius 2 is 2.21 bits per heavy atom. The molecule has 0 saturated carbocycles. The number of nitrogens with zero attached hydrogens (tertiary/aromatic N) is 1. The van der Waals surface area contributed by atoms with E-state index in [-0.39, 0.29) is 0 Å². The Bertz CT molecular complexity index is 455. The predicted octanol–water partition coefficient (Wildman–Crippen LogP) is 3.54. The number of phenolic OH excluding ortho intramolecular Hbond substituents is 1. The molecule has 1 aromatic rings. The zero-order valence-electron chi connectivity index (χ0n) is 12.1. The van der Waals surface area contributed by atoms with E-state index in [1.54, 1.807) is 0 Å². The summed E-state index contributed by atoms with van der Waals surface area (Å²) in [6.45, 7) is 7.14. The van der Waals surface area contributed by atoms with Gasteiger partial charge < -0.3 is 5.11 Å². The molecule has 1 heterocycles. The summed E-state index contributed by atoms with van der Waals surface area (Å²) in [5.74, 6) is 1.78. The van der Waals surface area contributed by atoms with E-state index < -0.39 is 0 Å². The molecule has 104 valence electrons. The van der Waals surface area contributed by atoms with Gasteiger partial charge in [-0.2, -0.15) is 0 Å². The number of hydrogen-bond donors (Lipinski definition) is 1. The lowest BCUT2D eigenvalue weighted by Gasteiger charge is -2.47. The molecule has 1 aliphatic carbocycles. The van der Waals surface area contributed by atoms with Gasteiger partial charge in [0.05, 0.1) is 0 Å². The Kier molecular flexibility index (Phi) is 3.53. The molecule has 0 bridgehead atoms. The third kappa shape index (κ3) is 2.27. The average molecular weight is 259 g/mol. The largest absolute Gasteiger partial charge is 0.508 e. The van der Waals surface area contributed by atoms with Gasteiger partial charge in [-0.15, -0.1) is 0 Å². The van der Waals surface area contributed by atoms with E-state index in [1.807, 2.05) is 12.1 Å². The zero-order chi connectivity index (χ0) is 13.4. The lowest BCUT2D eigenvalue weighted by atomic mass is 9.69. The van der Waals surface area contributed by atoms with Crippen LogP contribution in [0, 0.1) is 5.92 Å². The Morgan fingerprint density at radius 3 is 3.00 bits per heavy atom. The summed E-state index contributed by atoms with van der Waals surface area (Å²) in [5, 5.41) is 9.73. The highest BCUT2D eigenvalue weighted by atomic mass is 16.3. The minimum atomic E-state index is 0.422. The second-order valence-electron chi connectivity index (χ2n) is 6.29. The van der Waals surface area contributed by atoms with Gasteiger partial charge in [0.25, 0.3) is 0 Å². The highest BCUT2D eigenvalue weighted by Crippen LogP contribution is 2.43. The van der Waals surface area contributed by atoms with Crippen molar-refractivity contribution in [2.45, 2.75) is 51.5 Å². The molecule has 1 N–H and O–H groups in total. The van der Waals surface area contributed by atoms with E-state index in [0.717, 1.165) is 12.0 Å². The highest BCUT2D eigenvalue weighted by molar-refractivity contribution is 5.40. The summed E-state index contributed by atoms with van der Waals surface area (Å²) in [6, 6.07) is 6.70. The quantitative estimate of drug-likeness (QED) is 0.878. The van der Waals surface area contributed by atoms with Gasteiger partial charge >= 0.3 is 0 Å². The van der Waals surface area contributed by atoms with Crippen LogP contribution in [0.25, 0.3) is 0 Å². The third-order valence-electron chi connectivity index (χ3n) is 5.15. The second kappa shape index (κ2) is 5.16. The van der Waals surface area contributed by atoms with Crippen molar-refractivity contribution in [2.75, 3.05) is 13.1 Å². The van der Waals surface area contributed by atoms with E-state index >= 15 is 0 Å². The van der Waals surface area contributed by atoms with Crippen LogP contribution in [0.3, 0.4) is 0 Å². The van der Waals surface area contributed by atoms with Crippen LogP contribution in [0.5, 0.6) is 5.75 Å². The van der Waals surface area contributed by atoms with Crippen molar-refractivity contribution in [1.29, 1.82) is 0 Å². The Morgan fingerprint density at radius 1 is 1.37 bits per heavy atom. The average Bonchev–Trinajstić information content (AvgIpc) is 2.41. The van der Waals surface area contributed by atoms with Crippen LogP contribution in [0.1, 0.15) is 50.2 Å². The van der Waals surface area contributed by atoms with Gasteiger partial charge in [0, 0.05) is 6.04 Å². The fourth-order valence-corrected chi connectivity index (χ4v) is 4.24. The number of phenols is 1. The number of piperidine rings is 1. The van der Waals surface area contributed by atoms with Crippen LogP contribution < -0.4 is 0 Å². The number of aromatic hydroxyl groups is 1. The van der Waals surface area contributed by atoms with Crippen LogP contribution in [0.2, 0.25) is 0 Å². The van der Waals surface area contributed by atoms with Crippen molar-refractivity contribution in [2.24, 2.45) is 5.92 Å². The topological polar surface area (TPSA) is 23.5 Å². The lowest BCUT2D eigenvalue weighted by molar-refractivity contribution is 0.0722. The summed E-state index contributed by atoms with van der Waals surface area (Å²) < 4.78 is 0. The molecular formula is C17H25NO. The van der Waals surface area contributed by atoms with Gasteiger partial charge in [-0.25, -0.2) is 0 Å². The minimum absolute atomic E-state index is 0.422. The Labute approximate surface area is 116 Å². The molecular weight excluding hydrogens is 234 g/mol. The summed E-state index contributed by atoms with van der Waals surface area (Å²) in [6.07, 6.45) is 5.10. The molecule has 1 aliphatic heterocycles. The zero-order valence-corrected chi connectivity index (χ0v) is 12.1. The van der Waals surface area contributed by atoms with E-state index in [4.69, 9.17) is 0 Å². The number of likely N-dealkylation sites (tertiary alicyclic amines) is 1. The van der Waals surface area contributed by atoms with E-state index in [9.17, 15) is 5.11 Å². The molecule has 3 atom stereocenters. The number of benzene rings is 1. The fourth-order valence-electron chi connectivity index (χ4n) is 4.24. The maximum Gasteiger partial charge on any atom is 0.115 e. The van der Waals surface area contributed by atoms with E-state index in [2.05, 4.69) is 24.8 Å². The summed E-state index contributed by atoms with van der Waals surface area (Å²) in [5.41, 5.74) is 2.84. The molecule has 0 amide bonds. The molecule has 1 aromatic carbocycles. The standard InChI is InChI=1S/C17H25NO/c1-3-8-18-9-4-5-15-12(2)16-11-14(19)7-6-13(16)10-17(15)18/h6-7,11-12,15,17,19H,3-5,8-10H2,1-2H3/t12-,15-,17+/m0/s1. The van der Waals surface area contributed by atoms with Gasteiger partial charge in [0.15, 0.2) is 0 Å². The van der Waals surface area contributed by atoms with Crippen LogP contribution in [-0.4, -0.2) is 29.1 Å². The molecule has 0 radical (unpaired) electrons. The van der Waals surface area contributed by atoms with E-state index in [0.29, 0.717) is 11.7 Å². The van der Waals surface area contributed by atoms with Gasteiger partial charge in [-0.1, -0.05) is 19.9 Å². The fraction of sp³-hybridized carbons (Fsp3) is 0.647. The second-order valence-corrected chi connectivity index (χ2v) is 6.29. The van der Waals surface area contributed by atoms with Gasteiger partial charge in [0.2, 0.25) is 0 Å². The maximum absolute atomic E-state index is 9.73. The maximum atomic E-state index is 9.73. The van der Waals surface area contributed by atoms with Gasteiger partial charge in [-0.05, 0) is 73.9 Å². The van der Waals surface area contributed by atoms with Crippen LogP contribution in [0.4, 0.5) is 0 Å². The van der Waals surface area contributed by atoms with Crippen molar-refractivity contribution >= 4 is 0 Å². The summed E-state index contributed by atoms with van der Waals surface area (Å²) in [7, 11) is 0. The molecule has 1 fully saturated rings. The van der Waals surface area contributed by atoms with E-state index in [1.165, 1.54) is 49.9 Å². The number of fused-ring (bicyclic) bond motifs is 2. The molecule has 2 nitrogen and oxygen atoms in total. The molecule has 0 unspecified atom stereocenters. The van der Waals surface area contributed by atoms with Crippen LogP contribution in [0.15, 0.2) is 18.2 Å². The summed E-state index contributed by atoms with van der Waals surface area (Å²) in [4.78, 5) is 2.71. The van der Waals surface area contributed by atoms with Crippen molar-refractivity contribution in [3.8, 4) is 5.75 Å². The first-order chi connectivity index (χ1) is 9.20. The normalized spacial score (nSPS) is 30.7. The van der Waals surface area contributed by atoms with Crippen molar-refractivity contribution < 1.29 is 5.11 Å². The first-order valence-electron chi connectivity index (χ1n) is 7.76. The van der Waals surface area contributed by atoms with Crippen molar-refractivity contribution in [3.63, 3.8) is 0 Å². The molecule has 0 spiro atoms.